The first-order valence-corrected chi connectivity index (χ1v) is 9.44. The van der Waals surface area contributed by atoms with Crippen molar-refractivity contribution >= 4 is 23.7 Å². The molecule has 124 valence electrons. The third-order valence-electron chi connectivity index (χ3n) is 5.35. The molecular formula is C16H27N3O2S. The number of hydrogen-bond donors (Lipinski definition) is 0. The summed E-state index contributed by atoms with van der Waals surface area (Å²) >= 11 is 1.94. The average Bonchev–Trinajstić information content (AvgIpc) is 3.17. The molecule has 1 aliphatic carbocycles. The molecule has 3 aliphatic rings. The van der Waals surface area contributed by atoms with Gasteiger partial charge in [-0.05, 0) is 25.7 Å². The zero-order chi connectivity index (χ0) is 15.7. The highest BCUT2D eigenvalue weighted by molar-refractivity contribution is 8.00. The molecule has 0 aromatic heterocycles. The van der Waals surface area contributed by atoms with Crippen molar-refractivity contribution in [2.24, 2.45) is 5.92 Å². The van der Waals surface area contributed by atoms with Gasteiger partial charge in [-0.3, -0.25) is 4.79 Å². The van der Waals surface area contributed by atoms with E-state index in [1.165, 1.54) is 12.8 Å². The summed E-state index contributed by atoms with van der Waals surface area (Å²) in [5.41, 5.74) is 0. The largest absolute Gasteiger partial charge is 0.331 e. The van der Waals surface area contributed by atoms with E-state index in [4.69, 9.17) is 0 Å². The maximum Gasteiger partial charge on any atom is 0.319 e. The molecule has 1 spiro atoms. The average molecular weight is 325 g/mol. The number of carbonyl (C=O) groups excluding carboxylic acids is 2. The highest BCUT2D eigenvalue weighted by Gasteiger charge is 2.48. The van der Waals surface area contributed by atoms with Crippen LogP contribution < -0.4 is 0 Å². The molecule has 0 radical (unpaired) electrons. The first kappa shape index (κ1) is 16.0. The van der Waals surface area contributed by atoms with E-state index in [9.17, 15) is 9.59 Å². The molecule has 2 heterocycles. The molecule has 0 bridgehead atoms. The van der Waals surface area contributed by atoms with Gasteiger partial charge in [0.25, 0.3) is 0 Å². The van der Waals surface area contributed by atoms with Crippen LogP contribution in [-0.4, -0.2) is 71.0 Å². The summed E-state index contributed by atoms with van der Waals surface area (Å²) in [5.74, 6) is 1.69. The van der Waals surface area contributed by atoms with Gasteiger partial charge >= 0.3 is 6.03 Å². The van der Waals surface area contributed by atoms with Crippen molar-refractivity contribution in [3.63, 3.8) is 0 Å². The molecule has 0 unspecified atom stereocenters. The Morgan fingerprint density at radius 2 is 1.73 bits per heavy atom. The van der Waals surface area contributed by atoms with Crippen molar-refractivity contribution in [1.82, 2.24) is 14.7 Å². The molecule has 0 atom stereocenters. The second kappa shape index (κ2) is 6.30. The first-order valence-electron chi connectivity index (χ1n) is 8.45. The van der Waals surface area contributed by atoms with Crippen LogP contribution in [-0.2, 0) is 4.79 Å². The van der Waals surface area contributed by atoms with Gasteiger partial charge in [-0.1, -0.05) is 12.8 Å². The lowest BCUT2D eigenvalue weighted by molar-refractivity contribution is -0.138. The smallest absolute Gasteiger partial charge is 0.319 e. The maximum absolute atomic E-state index is 12.9. The fraction of sp³-hybridized carbons (Fsp3) is 0.875. The number of hydrogen-bond acceptors (Lipinski definition) is 3. The molecule has 3 amide bonds. The second-order valence-corrected chi connectivity index (χ2v) is 8.39. The van der Waals surface area contributed by atoms with Gasteiger partial charge in [0.1, 0.15) is 0 Å². The number of rotatable bonds is 1. The minimum Gasteiger partial charge on any atom is -0.331 e. The SMILES string of the molecule is CN(C)C(=O)N1CCC2(CC1)SCCN2C(=O)C1CCCC1. The summed E-state index contributed by atoms with van der Waals surface area (Å²) in [4.78, 5) is 30.7. The molecule has 3 rings (SSSR count). The Bertz CT molecular complexity index is 441. The zero-order valence-electron chi connectivity index (χ0n) is 13.7. The van der Waals surface area contributed by atoms with Crippen molar-refractivity contribution in [2.75, 3.05) is 39.5 Å². The van der Waals surface area contributed by atoms with Crippen LogP contribution in [0.3, 0.4) is 0 Å². The van der Waals surface area contributed by atoms with Crippen LogP contribution in [0.1, 0.15) is 38.5 Å². The molecule has 6 heteroatoms. The van der Waals surface area contributed by atoms with Gasteiger partial charge in [-0.15, -0.1) is 11.8 Å². The van der Waals surface area contributed by atoms with E-state index < -0.39 is 0 Å². The minimum absolute atomic E-state index is 0.0389. The quantitative estimate of drug-likeness (QED) is 0.742. The molecule has 22 heavy (non-hydrogen) atoms. The van der Waals surface area contributed by atoms with Crippen molar-refractivity contribution < 1.29 is 9.59 Å². The molecule has 5 nitrogen and oxygen atoms in total. The molecule has 0 aromatic rings. The van der Waals surface area contributed by atoms with Gasteiger partial charge in [0.05, 0.1) is 4.87 Å². The third-order valence-corrected chi connectivity index (χ3v) is 6.90. The van der Waals surface area contributed by atoms with E-state index in [0.29, 0.717) is 5.91 Å². The van der Waals surface area contributed by atoms with Crippen LogP contribution in [0.2, 0.25) is 0 Å². The minimum atomic E-state index is -0.0389. The van der Waals surface area contributed by atoms with Gasteiger partial charge in [-0.25, -0.2) is 4.79 Å². The molecule has 1 saturated carbocycles. The molecule has 3 fully saturated rings. The van der Waals surface area contributed by atoms with Crippen LogP contribution in [0.4, 0.5) is 4.79 Å². The Labute approximate surface area is 137 Å². The molecular weight excluding hydrogens is 298 g/mol. The lowest BCUT2D eigenvalue weighted by Crippen LogP contribution is -2.55. The second-order valence-electron chi connectivity index (χ2n) is 6.93. The standard InChI is InChI=1S/C16H27N3O2S/c1-17(2)15(21)18-9-7-16(8-10-18)19(11-12-22-16)14(20)13-5-3-4-6-13/h13H,3-12H2,1-2H3. The highest BCUT2D eigenvalue weighted by Crippen LogP contribution is 2.45. The molecule has 0 aromatic carbocycles. The van der Waals surface area contributed by atoms with Gasteiger partial charge in [0.15, 0.2) is 0 Å². The fourth-order valence-corrected chi connectivity index (χ4v) is 5.52. The van der Waals surface area contributed by atoms with Crippen molar-refractivity contribution in [2.45, 2.75) is 43.4 Å². The van der Waals surface area contributed by atoms with Gasteiger partial charge in [-0.2, -0.15) is 0 Å². The van der Waals surface area contributed by atoms with Crippen LogP contribution in [0.5, 0.6) is 0 Å². The topological polar surface area (TPSA) is 43.9 Å². The Hall–Kier alpha value is -0.910. The number of thioether (sulfide) groups is 1. The third kappa shape index (κ3) is 2.82. The molecule has 2 aliphatic heterocycles. The fourth-order valence-electron chi connectivity index (χ4n) is 4.06. The van der Waals surface area contributed by atoms with Crippen LogP contribution in [0.15, 0.2) is 0 Å². The number of likely N-dealkylation sites (tertiary alicyclic amines) is 1. The van der Waals surface area contributed by atoms with Gasteiger partial charge in [0.2, 0.25) is 5.91 Å². The van der Waals surface area contributed by atoms with Gasteiger partial charge < -0.3 is 14.7 Å². The first-order chi connectivity index (χ1) is 10.5. The monoisotopic (exact) mass is 325 g/mol. The number of nitrogens with zero attached hydrogens (tertiary/aromatic N) is 3. The van der Waals surface area contributed by atoms with E-state index >= 15 is 0 Å². The number of carbonyl (C=O) groups is 2. The number of urea groups is 1. The molecule has 0 N–H and O–H groups in total. The van der Waals surface area contributed by atoms with E-state index in [1.807, 2.05) is 16.7 Å². The van der Waals surface area contributed by atoms with Crippen molar-refractivity contribution in [3.05, 3.63) is 0 Å². The predicted molar refractivity (Wildman–Crippen MR) is 88.8 cm³/mol. The van der Waals surface area contributed by atoms with Crippen LogP contribution in [0.25, 0.3) is 0 Å². The highest BCUT2D eigenvalue weighted by atomic mass is 32.2. The summed E-state index contributed by atoms with van der Waals surface area (Å²) in [6, 6.07) is 0.0894. The lowest BCUT2D eigenvalue weighted by Gasteiger charge is -2.45. The van der Waals surface area contributed by atoms with E-state index in [2.05, 4.69) is 4.90 Å². The summed E-state index contributed by atoms with van der Waals surface area (Å²) in [6.45, 7) is 2.42. The van der Waals surface area contributed by atoms with Crippen LogP contribution in [0, 0.1) is 5.92 Å². The van der Waals surface area contributed by atoms with E-state index in [1.54, 1.807) is 19.0 Å². The van der Waals surface area contributed by atoms with E-state index in [0.717, 1.165) is 51.1 Å². The normalized spacial score (nSPS) is 25.0. The van der Waals surface area contributed by atoms with Crippen molar-refractivity contribution in [3.8, 4) is 0 Å². The van der Waals surface area contributed by atoms with E-state index in [-0.39, 0.29) is 16.8 Å². The summed E-state index contributed by atoms with van der Waals surface area (Å²) < 4.78 is 0. The number of piperidine rings is 1. The molecule has 2 saturated heterocycles. The zero-order valence-corrected chi connectivity index (χ0v) is 14.5. The van der Waals surface area contributed by atoms with Crippen LogP contribution >= 0.6 is 11.8 Å². The maximum atomic E-state index is 12.9. The van der Waals surface area contributed by atoms with Crippen molar-refractivity contribution in [1.29, 1.82) is 0 Å². The Morgan fingerprint density at radius 1 is 1.09 bits per heavy atom. The Kier molecular flexibility index (Phi) is 4.57. The van der Waals surface area contributed by atoms with Gasteiger partial charge in [0, 0.05) is 45.4 Å². The lowest BCUT2D eigenvalue weighted by atomic mass is 9.99. The summed E-state index contributed by atoms with van der Waals surface area (Å²) in [5, 5.41) is 0. The predicted octanol–water partition coefficient (Wildman–Crippen LogP) is 2.23. The Morgan fingerprint density at radius 3 is 2.32 bits per heavy atom. The number of amides is 3. The summed E-state index contributed by atoms with van der Waals surface area (Å²) in [7, 11) is 3.60. The summed E-state index contributed by atoms with van der Waals surface area (Å²) in [6.07, 6.45) is 6.37. The Balaban J connectivity index is 1.65.